The van der Waals surface area contributed by atoms with Crippen LogP contribution in [0.15, 0.2) is 12.1 Å². The van der Waals surface area contributed by atoms with Crippen LogP contribution in [0.25, 0.3) is 0 Å². The Labute approximate surface area is 114 Å². The number of hydrogen-bond acceptors (Lipinski definition) is 3. The smallest absolute Gasteiger partial charge is 0.186 e. The minimum atomic E-state index is 0.306. The minimum absolute atomic E-state index is 0.306. The Morgan fingerprint density at radius 1 is 1.39 bits per heavy atom. The maximum Gasteiger partial charge on any atom is 0.186 e. The Bertz CT molecular complexity index is 399. The lowest BCUT2D eigenvalue weighted by molar-refractivity contribution is 0.0842. The molecule has 1 fully saturated rings. The van der Waals surface area contributed by atoms with Crippen molar-refractivity contribution in [3.05, 3.63) is 21.9 Å². The van der Waals surface area contributed by atoms with Crippen molar-refractivity contribution in [2.75, 3.05) is 13.1 Å². The van der Waals surface area contributed by atoms with Crippen molar-refractivity contribution in [2.45, 2.75) is 52.0 Å². The molecule has 1 aromatic rings. The Morgan fingerprint density at radius 3 is 2.89 bits per heavy atom. The van der Waals surface area contributed by atoms with Gasteiger partial charge in [0.05, 0.1) is 11.4 Å². The van der Waals surface area contributed by atoms with Gasteiger partial charge in [-0.05, 0) is 44.4 Å². The molecule has 100 valence electrons. The van der Waals surface area contributed by atoms with E-state index in [4.69, 9.17) is 0 Å². The van der Waals surface area contributed by atoms with Crippen LogP contribution in [0.4, 0.5) is 0 Å². The maximum absolute atomic E-state index is 12.3. The standard InChI is InChI=1S/C15H23NOS/c1-3-12-7-5-6-10-16(12)11-14(17)15-9-8-13(4-2)18-15/h8-9,12H,3-7,10-11H2,1-2H3. The number of hydrogen-bond donors (Lipinski definition) is 0. The van der Waals surface area contributed by atoms with Crippen molar-refractivity contribution < 1.29 is 4.79 Å². The van der Waals surface area contributed by atoms with Crippen molar-refractivity contribution in [1.29, 1.82) is 0 Å². The van der Waals surface area contributed by atoms with Gasteiger partial charge in [-0.25, -0.2) is 0 Å². The van der Waals surface area contributed by atoms with Crippen LogP contribution in [0, 0.1) is 0 Å². The van der Waals surface area contributed by atoms with Gasteiger partial charge < -0.3 is 0 Å². The summed E-state index contributed by atoms with van der Waals surface area (Å²) in [5, 5.41) is 0. The fourth-order valence-corrected chi connectivity index (χ4v) is 3.59. The lowest BCUT2D eigenvalue weighted by Crippen LogP contribution is -2.42. The topological polar surface area (TPSA) is 20.3 Å². The number of likely N-dealkylation sites (tertiary alicyclic amines) is 1. The molecular formula is C15H23NOS. The summed E-state index contributed by atoms with van der Waals surface area (Å²) in [5.41, 5.74) is 0. The molecule has 18 heavy (non-hydrogen) atoms. The summed E-state index contributed by atoms with van der Waals surface area (Å²) < 4.78 is 0. The molecule has 1 atom stereocenters. The quantitative estimate of drug-likeness (QED) is 0.756. The van der Waals surface area contributed by atoms with E-state index in [0.29, 0.717) is 18.4 Å². The predicted molar refractivity (Wildman–Crippen MR) is 77.5 cm³/mol. The van der Waals surface area contributed by atoms with Gasteiger partial charge in [-0.2, -0.15) is 0 Å². The zero-order valence-corrected chi connectivity index (χ0v) is 12.3. The van der Waals surface area contributed by atoms with Gasteiger partial charge in [0.25, 0.3) is 0 Å². The largest absolute Gasteiger partial charge is 0.293 e. The molecule has 1 aliphatic heterocycles. The number of rotatable bonds is 5. The molecule has 1 unspecified atom stereocenters. The van der Waals surface area contributed by atoms with E-state index < -0.39 is 0 Å². The van der Waals surface area contributed by atoms with E-state index in [2.05, 4.69) is 24.8 Å². The van der Waals surface area contributed by atoms with Crippen LogP contribution in [0.3, 0.4) is 0 Å². The molecule has 0 radical (unpaired) electrons. The average Bonchev–Trinajstić information content (AvgIpc) is 2.88. The van der Waals surface area contributed by atoms with E-state index in [-0.39, 0.29) is 0 Å². The van der Waals surface area contributed by atoms with Crippen LogP contribution in [-0.4, -0.2) is 29.8 Å². The molecule has 1 aromatic heterocycles. The summed E-state index contributed by atoms with van der Waals surface area (Å²) in [4.78, 5) is 16.9. The molecule has 0 bridgehead atoms. The highest BCUT2D eigenvalue weighted by molar-refractivity contribution is 7.14. The number of thiophene rings is 1. The Kier molecular flexibility index (Phi) is 4.95. The number of carbonyl (C=O) groups excluding carboxylic acids is 1. The maximum atomic E-state index is 12.3. The highest BCUT2D eigenvalue weighted by Crippen LogP contribution is 2.22. The Hall–Kier alpha value is -0.670. The summed E-state index contributed by atoms with van der Waals surface area (Å²) >= 11 is 1.66. The predicted octanol–water partition coefficient (Wildman–Crippen LogP) is 3.76. The highest BCUT2D eigenvalue weighted by atomic mass is 32.1. The second-order valence-corrected chi connectivity index (χ2v) is 6.24. The molecule has 0 saturated carbocycles. The van der Waals surface area contributed by atoms with E-state index in [0.717, 1.165) is 24.3 Å². The third-order valence-electron chi connectivity index (χ3n) is 3.85. The first kappa shape index (κ1) is 13.8. The van der Waals surface area contributed by atoms with Gasteiger partial charge >= 0.3 is 0 Å². The first-order valence-corrected chi connectivity index (χ1v) is 7.92. The first-order valence-electron chi connectivity index (χ1n) is 7.10. The van der Waals surface area contributed by atoms with Crippen LogP contribution >= 0.6 is 11.3 Å². The van der Waals surface area contributed by atoms with Crippen molar-refractivity contribution in [1.82, 2.24) is 4.90 Å². The van der Waals surface area contributed by atoms with E-state index in [9.17, 15) is 4.79 Å². The fraction of sp³-hybridized carbons (Fsp3) is 0.667. The van der Waals surface area contributed by atoms with Crippen LogP contribution in [-0.2, 0) is 6.42 Å². The zero-order valence-electron chi connectivity index (χ0n) is 11.4. The minimum Gasteiger partial charge on any atom is -0.293 e. The van der Waals surface area contributed by atoms with Gasteiger partial charge in [0.1, 0.15) is 0 Å². The summed E-state index contributed by atoms with van der Waals surface area (Å²) in [5.74, 6) is 0.306. The normalized spacial score (nSPS) is 21.1. The van der Waals surface area contributed by atoms with E-state index in [1.807, 2.05) is 6.07 Å². The molecule has 2 heterocycles. The fourth-order valence-electron chi connectivity index (χ4n) is 2.71. The van der Waals surface area contributed by atoms with Crippen LogP contribution < -0.4 is 0 Å². The third kappa shape index (κ3) is 3.21. The second-order valence-electron chi connectivity index (χ2n) is 5.07. The molecule has 0 aromatic carbocycles. The lowest BCUT2D eigenvalue weighted by Gasteiger charge is -2.34. The van der Waals surface area contributed by atoms with Crippen molar-refractivity contribution >= 4 is 17.1 Å². The average molecular weight is 265 g/mol. The summed E-state index contributed by atoms with van der Waals surface area (Å²) in [6.07, 6.45) is 6.02. The SMILES string of the molecule is CCc1ccc(C(=O)CN2CCCCC2CC)s1. The highest BCUT2D eigenvalue weighted by Gasteiger charge is 2.23. The zero-order chi connectivity index (χ0) is 13.0. The van der Waals surface area contributed by atoms with Gasteiger partial charge in [0.15, 0.2) is 5.78 Å². The summed E-state index contributed by atoms with van der Waals surface area (Å²) in [7, 11) is 0. The Morgan fingerprint density at radius 2 is 2.22 bits per heavy atom. The molecule has 0 aliphatic carbocycles. The molecule has 1 aliphatic rings. The number of piperidine rings is 1. The molecule has 0 spiro atoms. The van der Waals surface area contributed by atoms with Gasteiger partial charge in [0, 0.05) is 10.9 Å². The molecule has 2 rings (SSSR count). The van der Waals surface area contributed by atoms with Crippen molar-refractivity contribution in [2.24, 2.45) is 0 Å². The number of ketones is 1. The van der Waals surface area contributed by atoms with Crippen molar-refractivity contribution in [3.63, 3.8) is 0 Å². The molecule has 1 saturated heterocycles. The third-order valence-corrected chi connectivity index (χ3v) is 5.12. The molecule has 3 heteroatoms. The molecule has 0 amide bonds. The number of carbonyl (C=O) groups is 1. The number of aryl methyl sites for hydroxylation is 1. The van der Waals surface area contributed by atoms with Gasteiger partial charge in [-0.3, -0.25) is 9.69 Å². The van der Waals surface area contributed by atoms with Crippen molar-refractivity contribution in [3.8, 4) is 0 Å². The van der Waals surface area contributed by atoms with Crippen LogP contribution in [0.2, 0.25) is 0 Å². The summed E-state index contributed by atoms with van der Waals surface area (Å²) in [6.45, 7) is 6.07. The van der Waals surface area contributed by atoms with E-state index in [1.54, 1.807) is 11.3 Å². The lowest BCUT2D eigenvalue weighted by atomic mass is 10.00. The van der Waals surface area contributed by atoms with E-state index >= 15 is 0 Å². The van der Waals surface area contributed by atoms with Crippen LogP contribution in [0.1, 0.15) is 54.1 Å². The Balaban J connectivity index is 1.97. The monoisotopic (exact) mass is 265 g/mol. The van der Waals surface area contributed by atoms with Gasteiger partial charge in [-0.1, -0.05) is 20.3 Å². The summed E-state index contributed by atoms with van der Waals surface area (Å²) in [6, 6.07) is 4.70. The second kappa shape index (κ2) is 6.48. The number of nitrogens with zero attached hydrogens (tertiary/aromatic N) is 1. The van der Waals surface area contributed by atoms with Gasteiger partial charge in [-0.15, -0.1) is 11.3 Å². The molecule has 0 N–H and O–H groups in total. The first-order chi connectivity index (χ1) is 8.74. The van der Waals surface area contributed by atoms with E-state index in [1.165, 1.54) is 24.1 Å². The molecular weight excluding hydrogens is 242 g/mol. The molecule has 2 nitrogen and oxygen atoms in total. The van der Waals surface area contributed by atoms with Crippen LogP contribution in [0.5, 0.6) is 0 Å². The van der Waals surface area contributed by atoms with Gasteiger partial charge in [0.2, 0.25) is 0 Å². The number of Topliss-reactive ketones (excluding diaryl/α,β-unsaturated/α-hetero) is 1.